The minimum absolute atomic E-state index is 0.287. The summed E-state index contributed by atoms with van der Waals surface area (Å²) in [6.45, 7) is 6.40. The van der Waals surface area contributed by atoms with Crippen molar-refractivity contribution >= 4 is 17.5 Å². The van der Waals surface area contributed by atoms with E-state index in [1.54, 1.807) is 26.0 Å². The molecule has 0 radical (unpaired) electrons. The average molecular weight is 435 g/mol. The number of aryl methyl sites for hydroxylation is 1. The molecule has 2 aromatic rings. The van der Waals surface area contributed by atoms with Gasteiger partial charge in [0.05, 0.1) is 38.9 Å². The van der Waals surface area contributed by atoms with E-state index in [1.807, 2.05) is 25.1 Å². The Bertz CT molecular complexity index is 833. The van der Waals surface area contributed by atoms with Gasteiger partial charge in [-0.3, -0.25) is 9.69 Å². The van der Waals surface area contributed by atoms with Gasteiger partial charge >= 0.3 is 0 Å². The fourth-order valence-electron chi connectivity index (χ4n) is 3.31. The highest BCUT2D eigenvalue weighted by molar-refractivity contribution is 7.99. The molecule has 30 heavy (non-hydrogen) atoms. The third kappa shape index (κ3) is 6.23. The first kappa shape index (κ1) is 22.7. The number of oxazole rings is 1. The molecule has 7 nitrogen and oxygen atoms in total. The van der Waals surface area contributed by atoms with Gasteiger partial charge in [-0.15, -0.1) is 11.8 Å². The molecule has 0 amide bonds. The number of aromatic nitrogens is 1. The van der Waals surface area contributed by atoms with Crippen molar-refractivity contribution in [2.75, 3.05) is 52.8 Å². The van der Waals surface area contributed by atoms with Crippen molar-refractivity contribution in [1.82, 2.24) is 9.88 Å². The predicted molar refractivity (Wildman–Crippen MR) is 117 cm³/mol. The van der Waals surface area contributed by atoms with Gasteiger partial charge in [-0.1, -0.05) is 0 Å². The van der Waals surface area contributed by atoms with Crippen molar-refractivity contribution < 1.29 is 23.4 Å². The molecule has 1 aromatic carbocycles. The Morgan fingerprint density at radius 3 is 2.70 bits per heavy atom. The highest BCUT2D eigenvalue weighted by Gasteiger charge is 2.15. The first-order valence-corrected chi connectivity index (χ1v) is 11.3. The molecule has 1 fully saturated rings. The molecule has 1 saturated heterocycles. The second kappa shape index (κ2) is 11.4. The van der Waals surface area contributed by atoms with Crippen molar-refractivity contribution in [3.05, 3.63) is 29.7 Å². The molecule has 164 valence electrons. The fraction of sp³-hybridized carbons (Fsp3) is 0.545. The second-order valence-electron chi connectivity index (χ2n) is 7.18. The van der Waals surface area contributed by atoms with Gasteiger partial charge in [-0.25, -0.2) is 4.98 Å². The molecule has 8 heteroatoms. The first-order valence-electron chi connectivity index (χ1n) is 10.2. The Kier molecular flexibility index (Phi) is 8.60. The van der Waals surface area contributed by atoms with Gasteiger partial charge in [0, 0.05) is 30.8 Å². The van der Waals surface area contributed by atoms with Crippen molar-refractivity contribution in [2.24, 2.45) is 0 Å². The summed E-state index contributed by atoms with van der Waals surface area (Å²) in [5.74, 6) is 4.04. The van der Waals surface area contributed by atoms with Gasteiger partial charge in [0.25, 0.3) is 0 Å². The Labute approximate surface area is 182 Å². The van der Waals surface area contributed by atoms with Gasteiger partial charge in [-0.2, -0.15) is 0 Å². The predicted octanol–water partition coefficient (Wildman–Crippen LogP) is 3.58. The lowest BCUT2D eigenvalue weighted by atomic mass is 10.2. The number of benzene rings is 1. The summed E-state index contributed by atoms with van der Waals surface area (Å²) in [6.07, 6.45) is 1.53. The molecule has 1 aromatic heterocycles. The highest BCUT2D eigenvalue weighted by Crippen LogP contribution is 2.33. The fourth-order valence-corrected chi connectivity index (χ4v) is 4.25. The molecular formula is C22H30N2O5S. The lowest BCUT2D eigenvalue weighted by molar-refractivity contribution is -0.116. The van der Waals surface area contributed by atoms with Crippen LogP contribution in [0.15, 0.2) is 22.6 Å². The summed E-state index contributed by atoms with van der Waals surface area (Å²) in [5.41, 5.74) is 1.69. The Hall–Kier alpha value is -2.03. The number of Topliss-reactive ketones (excluding diaryl/α,β-unsaturated/α-hetero) is 1. The van der Waals surface area contributed by atoms with E-state index < -0.39 is 0 Å². The van der Waals surface area contributed by atoms with E-state index in [4.69, 9.17) is 18.6 Å². The van der Waals surface area contributed by atoms with E-state index in [-0.39, 0.29) is 5.78 Å². The molecular weight excluding hydrogens is 404 g/mol. The maximum absolute atomic E-state index is 12.2. The number of nitrogens with zero attached hydrogens (tertiary/aromatic N) is 2. The number of carbonyl (C=O) groups is 1. The van der Waals surface area contributed by atoms with E-state index >= 15 is 0 Å². The van der Waals surface area contributed by atoms with Crippen LogP contribution in [0.1, 0.15) is 24.3 Å². The summed E-state index contributed by atoms with van der Waals surface area (Å²) in [6, 6.07) is 5.57. The maximum atomic E-state index is 12.2. The average Bonchev–Trinajstić information content (AvgIpc) is 3.14. The van der Waals surface area contributed by atoms with Crippen molar-refractivity contribution in [3.8, 4) is 23.0 Å². The first-order chi connectivity index (χ1) is 14.6. The lowest BCUT2D eigenvalue weighted by Gasteiger charge is -2.26. The van der Waals surface area contributed by atoms with E-state index in [0.29, 0.717) is 35.3 Å². The number of hydrogen-bond donors (Lipinski definition) is 0. The Morgan fingerprint density at radius 1 is 1.20 bits per heavy atom. The molecule has 0 atom stereocenters. The largest absolute Gasteiger partial charge is 0.493 e. The third-order valence-electron chi connectivity index (χ3n) is 5.06. The molecule has 0 N–H and O–H groups in total. The number of carbonyl (C=O) groups excluding carboxylic acids is 1. The van der Waals surface area contributed by atoms with E-state index in [2.05, 4.69) is 9.88 Å². The highest BCUT2D eigenvalue weighted by atomic mass is 32.2. The lowest BCUT2D eigenvalue weighted by Crippen LogP contribution is -2.37. The minimum Gasteiger partial charge on any atom is -0.493 e. The maximum Gasteiger partial charge on any atom is 0.226 e. The van der Waals surface area contributed by atoms with Crippen LogP contribution in [-0.2, 0) is 15.3 Å². The van der Waals surface area contributed by atoms with E-state index in [1.165, 1.54) is 0 Å². The normalized spacial score (nSPS) is 14.6. The zero-order valence-corrected chi connectivity index (χ0v) is 18.8. The van der Waals surface area contributed by atoms with E-state index in [9.17, 15) is 4.79 Å². The van der Waals surface area contributed by atoms with Gasteiger partial charge in [0.1, 0.15) is 11.5 Å². The van der Waals surface area contributed by atoms with Crippen LogP contribution in [-0.4, -0.2) is 68.5 Å². The van der Waals surface area contributed by atoms with Crippen LogP contribution < -0.4 is 9.47 Å². The van der Waals surface area contributed by atoms with Crippen molar-refractivity contribution in [1.29, 1.82) is 0 Å². The SMILES string of the molecule is COc1ccc(-c2nc(CSCC(=O)CCCN3CCOCC3)c(C)o2)cc1OC. The Balaban J connectivity index is 1.46. The number of rotatable bonds is 11. The summed E-state index contributed by atoms with van der Waals surface area (Å²) < 4.78 is 21.8. The molecule has 0 unspecified atom stereocenters. The molecule has 2 heterocycles. The quantitative estimate of drug-likeness (QED) is 0.531. The monoisotopic (exact) mass is 434 g/mol. The zero-order chi connectivity index (χ0) is 21.3. The van der Waals surface area contributed by atoms with Crippen LogP contribution in [0.3, 0.4) is 0 Å². The number of methoxy groups -OCH3 is 2. The van der Waals surface area contributed by atoms with Gasteiger partial charge < -0.3 is 18.6 Å². The number of ether oxygens (including phenoxy) is 3. The summed E-state index contributed by atoms with van der Waals surface area (Å²) in [5, 5.41) is 0. The van der Waals surface area contributed by atoms with E-state index in [0.717, 1.165) is 56.3 Å². The molecule has 0 aliphatic carbocycles. The number of ketones is 1. The number of thioether (sulfide) groups is 1. The second-order valence-corrected chi connectivity index (χ2v) is 8.17. The van der Waals surface area contributed by atoms with Crippen LogP contribution in [0.4, 0.5) is 0 Å². The summed E-state index contributed by atoms with van der Waals surface area (Å²) in [4.78, 5) is 19.2. The van der Waals surface area contributed by atoms with Crippen LogP contribution >= 0.6 is 11.8 Å². The molecule has 1 aliphatic rings. The topological polar surface area (TPSA) is 74.0 Å². The van der Waals surface area contributed by atoms with Gasteiger partial charge in [0.15, 0.2) is 11.5 Å². The molecule has 0 bridgehead atoms. The third-order valence-corrected chi connectivity index (χ3v) is 6.06. The molecule has 0 spiro atoms. The van der Waals surface area contributed by atoms with Crippen molar-refractivity contribution in [3.63, 3.8) is 0 Å². The molecule has 0 saturated carbocycles. The molecule has 1 aliphatic heterocycles. The van der Waals surface area contributed by atoms with Crippen LogP contribution in [0.25, 0.3) is 11.5 Å². The summed E-state index contributed by atoms with van der Waals surface area (Å²) >= 11 is 1.59. The molecule has 3 rings (SSSR count). The Morgan fingerprint density at radius 2 is 1.97 bits per heavy atom. The van der Waals surface area contributed by atoms with Gasteiger partial charge in [-0.05, 0) is 38.1 Å². The number of morpholine rings is 1. The van der Waals surface area contributed by atoms with Crippen LogP contribution in [0, 0.1) is 6.92 Å². The van der Waals surface area contributed by atoms with Gasteiger partial charge in [0.2, 0.25) is 5.89 Å². The van der Waals surface area contributed by atoms with Crippen molar-refractivity contribution in [2.45, 2.75) is 25.5 Å². The zero-order valence-electron chi connectivity index (χ0n) is 17.9. The van der Waals surface area contributed by atoms with Crippen LogP contribution in [0.2, 0.25) is 0 Å². The number of hydrogen-bond acceptors (Lipinski definition) is 8. The smallest absolute Gasteiger partial charge is 0.226 e. The standard InChI is InChI=1S/C22H30N2O5S/c1-16-19(15-30-14-18(25)5-4-8-24-9-11-28-12-10-24)23-22(29-16)17-6-7-20(26-2)21(13-17)27-3/h6-7,13H,4-5,8-12,14-15H2,1-3H3. The summed E-state index contributed by atoms with van der Waals surface area (Å²) in [7, 11) is 3.20. The minimum atomic E-state index is 0.287. The van der Waals surface area contributed by atoms with Crippen LogP contribution in [0.5, 0.6) is 11.5 Å².